The molecule has 0 bridgehead atoms. The summed E-state index contributed by atoms with van der Waals surface area (Å²) in [7, 11) is 0. The molecule has 4 nitrogen and oxygen atoms in total. The minimum absolute atomic E-state index is 0. The number of carbonyl (C=O) groups excluding carboxylic acids is 1. The lowest BCUT2D eigenvalue weighted by atomic mass is 10.4. The molecule has 1 saturated heterocycles. The highest BCUT2D eigenvalue weighted by molar-refractivity contribution is 5.73. The van der Waals surface area contributed by atoms with Gasteiger partial charge in [-0.3, -0.25) is 4.79 Å². The zero-order valence-electron chi connectivity index (χ0n) is 8.18. The molecule has 4 heteroatoms. The SMILES string of the molecule is CC.CC(=O)N1CCNCC1.O. The molecule has 3 N–H and O–H groups in total. The summed E-state index contributed by atoms with van der Waals surface area (Å²) in [6, 6.07) is 0. The Kier molecular flexibility index (Phi) is 9.86. The second-order valence-electron chi connectivity index (χ2n) is 2.26. The van der Waals surface area contributed by atoms with Crippen molar-refractivity contribution in [3.8, 4) is 0 Å². The first-order valence-corrected chi connectivity index (χ1v) is 4.27. The van der Waals surface area contributed by atoms with E-state index in [4.69, 9.17) is 0 Å². The first-order valence-electron chi connectivity index (χ1n) is 4.27. The van der Waals surface area contributed by atoms with Crippen molar-refractivity contribution in [3.05, 3.63) is 0 Å². The van der Waals surface area contributed by atoms with Gasteiger partial charge in [-0.25, -0.2) is 0 Å². The van der Waals surface area contributed by atoms with Gasteiger partial charge in [0.05, 0.1) is 0 Å². The van der Waals surface area contributed by atoms with Crippen molar-refractivity contribution in [1.29, 1.82) is 0 Å². The fraction of sp³-hybridized carbons (Fsp3) is 0.875. The summed E-state index contributed by atoms with van der Waals surface area (Å²) in [5, 5.41) is 3.18. The Morgan fingerprint density at radius 2 is 1.67 bits per heavy atom. The van der Waals surface area contributed by atoms with E-state index in [1.807, 2.05) is 18.7 Å². The molecule has 74 valence electrons. The summed E-state index contributed by atoms with van der Waals surface area (Å²) in [6.07, 6.45) is 0. The van der Waals surface area contributed by atoms with Gasteiger partial charge in [0.25, 0.3) is 0 Å². The molecule has 0 aromatic carbocycles. The Morgan fingerprint density at radius 3 is 1.92 bits per heavy atom. The molecule has 0 aromatic rings. The summed E-state index contributed by atoms with van der Waals surface area (Å²) in [5.74, 6) is 0.191. The zero-order valence-corrected chi connectivity index (χ0v) is 8.18. The average Bonchev–Trinajstić information content (AvgIpc) is 2.10. The Balaban J connectivity index is 0. The molecule has 0 atom stereocenters. The summed E-state index contributed by atoms with van der Waals surface area (Å²) >= 11 is 0. The number of nitrogens with one attached hydrogen (secondary N) is 1. The van der Waals surface area contributed by atoms with E-state index in [2.05, 4.69) is 5.32 Å². The number of rotatable bonds is 0. The van der Waals surface area contributed by atoms with E-state index in [1.165, 1.54) is 0 Å². The van der Waals surface area contributed by atoms with Crippen LogP contribution in [0.3, 0.4) is 0 Å². The first kappa shape index (κ1) is 13.9. The van der Waals surface area contributed by atoms with E-state index in [-0.39, 0.29) is 11.4 Å². The van der Waals surface area contributed by atoms with Crippen molar-refractivity contribution in [1.82, 2.24) is 10.2 Å². The Bertz CT molecular complexity index is 112. The van der Waals surface area contributed by atoms with Crippen LogP contribution in [-0.4, -0.2) is 42.5 Å². The molecule has 1 amide bonds. The number of carbonyl (C=O) groups is 1. The maximum Gasteiger partial charge on any atom is 0.219 e. The third kappa shape index (κ3) is 5.09. The van der Waals surface area contributed by atoms with Gasteiger partial charge in [0, 0.05) is 33.1 Å². The normalized spacial score (nSPS) is 15.4. The zero-order chi connectivity index (χ0) is 8.69. The molecule has 0 unspecified atom stereocenters. The van der Waals surface area contributed by atoms with Gasteiger partial charge in [-0.15, -0.1) is 0 Å². The number of amides is 1. The van der Waals surface area contributed by atoms with E-state index < -0.39 is 0 Å². The van der Waals surface area contributed by atoms with Crippen molar-refractivity contribution in [2.45, 2.75) is 20.8 Å². The lowest BCUT2D eigenvalue weighted by Gasteiger charge is -2.25. The lowest BCUT2D eigenvalue weighted by Crippen LogP contribution is -2.45. The molecule has 1 aliphatic rings. The van der Waals surface area contributed by atoms with Gasteiger partial charge in [0.2, 0.25) is 5.91 Å². The number of hydrogen-bond acceptors (Lipinski definition) is 2. The quantitative estimate of drug-likeness (QED) is 0.548. The Labute approximate surface area is 74.2 Å². The van der Waals surface area contributed by atoms with Crippen LogP contribution in [-0.2, 0) is 4.79 Å². The van der Waals surface area contributed by atoms with Crippen LogP contribution in [0.1, 0.15) is 20.8 Å². The van der Waals surface area contributed by atoms with E-state index in [0.717, 1.165) is 26.2 Å². The summed E-state index contributed by atoms with van der Waals surface area (Å²) < 4.78 is 0. The molecule has 1 heterocycles. The molecule has 0 radical (unpaired) electrons. The van der Waals surface area contributed by atoms with Crippen LogP contribution < -0.4 is 5.32 Å². The van der Waals surface area contributed by atoms with Crippen LogP contribution in [0.2, 0.25) is 0 Å². The third-order valence-corrected chi connectivity index (χ3v) is 1.56. The van der Waals surface area contributed by atoms with Gasteiger partial charge < -0.3 is 15.7 Å². The van der Waals surface area contributed by atoms with Crippen molar-refractivity contribution >= 4 is 5.91 Å². The first-order chi connectivity index (χ1) is 5.30. The van der Waals surface area contributed by atoms with Gasteiger partial charge in [-0.1, -0.05) is 13.8 Å². The van der Waals surface area contributed by atoms with Crippen LogP contribution in [0.25, 0.3) is 0 Å². The molecule has 0 aliphatic carbocycles. The molecule has 1 fully saturated rings. The molecule has 0 saturated carbocycles. The number of hydrogen-bond donors (Lipinski definition) is 1. The molecule has 12 heavy (non-hydrogen) atoms. The minimum atomic E-state index is 0. The lowest BCUT2D eigenvalue weighted by molar-refractivity contribution is -0.129. The third-order valence-electron chi connectivity index (χ3n) is 1.56. The molecule has 1 rings (SSSR count). The highest BCUT2D eigenvalue weighted by Gasteiger charge is 2.10. The van der Waals surface area contributed by atoms with E-state index in [0.29, 0.717) is 0 Å². The van der Waals surface area contributed by atoms with Gasteiger partial charge in [0.1, 0.15) is 0 Å². The molecule has 0 spiro atoms. The molecule has 0 aromatic heterocycles. The smallest absolute Gasteiger partial charge is 0.219 e. The standard InChI is InChI=1S/C6H12N2O.C2H6.H2O/c1-6(9)8-4-2-7-3-5-8;1-2;/h7H,2-5H2,1H3;1-2H3;1H2. The van der Waals surface area contributed by atoms with Crippen molar-refractivity contribution < 1.29 is 10.3 Å². The second kappa shape index (κ2) is 8.49. The van der Waals surface area contributed by atoms with Gasteiger partial charge in [0.15, 0.2) is 0 Å². The fourth-order valence-electron chi connectivity index (χ4n) is 0.980. The monoisotopic (exact) mass is 176 g/mol. The average molecular weight is 176 g/mol. The fourth-order valence-corrected chi connectivity index (χ4v) is 0.980. The van der Waals surface area contributed by atoms with Crippen molar-refractivity contribution in [3.63, 3.8) is 0 Å². The van der Waals surface area contributed by atoms with E-state index >= 15 is 0 Å². The highest BCUT2D eigenvalue weighted by Crippen LogP contribution is 1.90. The highest BCUT2D eigenvalue weighted by atomic mass is 16.2. The van der Waals surface area contributed by atoms with E-state index in [9.17, 15) is 4.79 Å². The Morgan fingerprint density at radius 1 is 1.25 bits per heavy atom. The largest absolute Gasteiger partial charge is 0.412 e. The summed E-state index contributed by atoms with van der Waals surface area (Å²) in [5.41, 5.74) is 0. The molecular formula is C8H20N2O2. The predicted octanol–water partition coefficient (Wildman–Crippen LogP) is -0.360. The number of nitrogens with zero attached hydrogens (tertiary/aromatic N) is 1. The summed E-state index contributed by atoms with van der Waals surface area (Å²) in [6.45, 7) is 9.25. The van der Waals surface area contributed by atoms with Crippen LogP contribution in [0.4, 0.5) is 0 Å². The second-order valence-corrected chi connectivity index (χ2v) is 2.26. The van der Waals surface area contributed by atoms with Gasteiger partial charge in [-0.2, -0.15) is 0 Å². The molecule has 1 aliphatic heterocycles. The summed E-state index contributed by atoms with van der Waals surface area (Å²) in [4.78, 5) is 12.6. The maximum absolute atomic E-state index is 10.7. The topological polar surface area (TPSA) is 63.8 Å². The van der Waals surface area contributed by atoms with Crippen LogP contribution in [0.15, 0.2) is 0 Å². The van der Waals surface area contributed by atoms with Crippen LogP contribution in [0, 0.1) is 0 Å². The molecular weight excluding hydrogens is 156 g/mol. The van der Waals surface area contributed by atoms with Crippen molar-refractivity contribution in [2.24, 2.45) is 0 Å². The van der Waals surface area contributed by atoms with Gasteiger partial charge >= 0.3 is 0 Å². The van der Waals surface area contributed by atoms with Crippen molar-refractivity contribution in [2.75, 3.05) is 26.2 Å². The van der Waals surface area contributed by atoms with Gasteiger partial charge in [-0.05, 0) is 0 Å². The Hall–Kier alpha value is -0.610. The maximum atomic E-state index is 10.7. The predicted molar refractivity (Wildman–Crippen MR) is 50.1 cm³/mol. The minimum Gasteiger partial charge on any atom is -0.412 e. The van der Waals surface area contributed by atoms with Crippen LogP contribution in [0.5, 0.6) is 0 Å². The van der Waals surface area contributed by atoms with Crippen LogP contribution >= 0.6 is 0 Å². The number of piperazine rings is 1. The van der Waals surface area contributed by atoms with E-state index in [1.54, 1.807) is 6.92 Å².